The van der Waals surface area contributed by atoms with Crippen LogP contribution in [0.2, 0.25) is 0 Å². The van der Waals surface area contributed by atoms with E-state index in [0.717, 1.165) is 24.1 Å². The van der Waals surface area contributed by atoms with Gasteiger partial charge in [-0.2, -0.15) is 0 Å². The maximum Gasteiger partial charge on any atom is 0.315 e. The molecule has 20 heavy (non-hydrogen) atoms. The first kappa shape index (κ1) is 16.3. The molecule has 4 nitrogen and oxygen atoms in total. The molecular weight excluding hydrogens is 250 g/mol. The van der Waals surface area contributed by atoms with Gasteiger partial charge in [-0.05, 0) is 30.5 Å². The molecule has 0 unspecified atom stereocenters. The zero-order valence-corrected chi connectivity index (χ0v) is 12.6. The van der Waals surface area contributed by atoms with E-state index in [4.69, 9.17) is 5.73 Å². The highest BCUT2D eigenvalue weighted by Gasteiger charge is 2.15. The average Bonchev–Trinajstić information content (AvgIpc) is 2.48. The van der Waals surface area contributed by atoms with Crippen molar-refractivity contribution in [3.63, 3.8) is 0 Å². The van der Waals surface area contributed by atoms with Gasteiger partial charge in [-0.15, -0.1) is 0 Å². The number of anilines is 1. The minimum absolute atomic E-state index is 0.0793. The molecule has 0 aliphatic heterocycles. The summed E-state index contributed by atoms with van der Waals surface area (Å²) in [6.07, 6.45) is 5.95. The Bertz CT molecular complexity index is 400. The lowest BCUT2D eigenvalue weighted by atomic mass is 9.96. The van der Waals surface area contributed by atoms with Crippen LogP contribution in [0.1, 0.15) is 51.5 Å². The predicted octanol–water partition coefficient (Wildman–Crippen LogP) is 3.43. The summed E-state index contributed by atoms with van der Waals surface area (Å²) < 4.78 is 0. The second-order valence-corrected chi connectivity index (χ2v) is 4.91. The molecule has 0 aromatic heterocycles. The number of benzene rings is 1. The summed E-state index contributed by atoms with van der Waals surface area (Å²) >= 11 is 0. The molecular formula is C16H27N3O. The normalized spacial score (nSPS) is 14.9. The van der Waals surface area contributed by atoms with Crippen molar-refractivity contribution in [1.29, 1.82) is 0 Å². The van der Waals surface area contributed by atoms with Crippen molar-refractivity contribution < 1.29 is 4.79 Å². The van der Waals surface area contributed by atoms with Crippen LogP contribution in [-0.4, -0.2) is 12.1 Å². The summed E-state index contributed by atoms with van der Waals surface area (Å²) in [5.74, 6) is 0. The number of nitrogens with one attached hydrogen (secondary N) is 2. The highest BCUT2D eigenvalue weighted by atomic mass is 16.2. The third-order valence-corrected chi connectivity index (χ3v) is 3.34. The van der Waals surface area contributed by atoms with E-state index >= 15 is 0 Å². The molecule has 4 heteroatoms. The number of hydrogen-bond acceptors (Lipinski definition) is 2. The van der Waals surface area contributed by atoms with E-state index in [9.17, 15) is 4.79 Å². The first-order valence-corrected chi connectivity index (χ1v) is 7.63. The number of urea groups is 1. The zero-order valence-electron chi connectivity index (χ0n) is 12.6. The van der Waals surface area contributed by atoms with Gasteiger partial charge in [0, 0.05) is 18.3 Å². The van der Waals surface area contributed by atoms with Gasteiger partial charge in [-0.1, -0.05) is 45.2 Å². The summed E-state index contributed by atoms with van der Waals surface area (Å²) in [4.78, 5) is 11.7. The maximum absolute atomic E-state index is 11.7. The fourth-order valence-electron chi connectivity index (χ4n) is 2.37. The summed E-state index contributed by atoms with van der Waals surface area (Å²) in [5.41, 5.74) is 7.43. The van der Waals surface area contributed by atoms with Gasteiger partial charge in [0.15, 0.2) is 0 Å². The second-order valence-electron chi connectivity index (χ2n) is 4.91. The van der Waals surface area contributed by atoms with Gasteiger partial charge >= 0.3 is 6.03 Å². The van der Waals surface area contributed by atoms with Crippen molar-refractivity contribution in [3.8, 4) is 0 Å². The summed E-state index contributed by atoms with van der Waals surface area (Å²) in [5, 5.41) is 5.89. The highest BCUT2D eigenvalue weighted by molar-refractivity contribution is 5.74. The SMILES string of the molecule is CC.Nc1cccc(CNC(=O)NC2CCCCC2)c1. The number of carbonyl (C=O) groups excluding carboxylic acids is 1. The standard InChI is InChI=1S/C14H21N3O.C2H6/c15-12-6-4-5-11(9-12)10-16-14(18)17-13-7-2-1-3-8-13;1-2/h4-6,9,13H,1-3,7-8,10,15H2,(H2,16,17,18);1-2H3. The van der Waals surface area contributed by atoms with E-state index in [0.29, 0.717) is 12.6 Å². The number of hydrogen-bond donors (Lipinski definition) is 3. The largest absolute Gasteiger partial charge is 0.399 e. The van der Waals surface area contributed by atoms with Crippen molar-refractivity contribution >= 4 is 11.7 Å². The summed E-state index contributed by atoms with van der Waals surface area (Å²) in [6.45, 7) is 4.52. The van der Waals surface area contributed by atoms with Crippen LogP contribution in [0.25, 0.3) is 0 Å². The molecule has 0 bridgehead atoms. The third-order valence-electron chi connectivity index (χ3n) is 3.34. The second kappa shape index (κ2) is 9.23. The Morgan fingerprint density at radius 2 is 1.95 bits per heavy atom. The molecule has 1 saturated carbocycles. The molecule has 1 fully saturated rings. The van der Waals surface area contributed by atoms with Crippen LogP contribution in [0.15, 0.2) is 24.3 Å². The number of amides is 2. The van der Waals surface area contributed by atoms with Crippen LogP contribution in [0, 0.1) is 0 Å². The zero-order chi connectivity index (χ0) is 14.8. The first-order chi connectivity index (χ1) is 9.74. The number of carbonyl (C=O) groups is 1. The number of nitrogen functional groups attached to an aromatic ring is 1. The van der Waals surface area contributed by atoms with E-state index < -0.39 is 0 Å². The molecule has 112 valence electrons. The highest BCUT2D eigenvalue weighted by Crippen LogP contribution is 2.17. The number of nitrogens with two attached hydrogens (primary N) is 1. The Kier molecular flexibility index (Phi) is 7.55. The van der Waals surface area contributed by atoms with Crippen molar-refractivity contribution in [2.45, 2.75) is 58.5 Å². The summed E-state index contributed by atoms with van der Waals surface area (Å²) in [7, 11) is 0. The topological polar surface area (TPSA) is 67.1 Å². The molecule has 4 N–H and O–H groups in total. The molecule has 0 radical (unpaired) electrons. The molecule has 0 heterocycles. The smallest absolute Gasteiger partial charge is 0.315 e. The lowest BCUT2D eigenvalue weighted by molar-refractivity contribution is 0.232. The third kappa shape index (κ3) is 5.95. The van der Waals surface area contributed by atoms with Gasteiger partial charge < -0.3 is 16.4 Å². The maximum atomic E-state index is 11.7. The van der Waals surface area contributed by atoms with Gasteiger partial charge in [-0.3, -0.25) is 0 Å². The van der Waals surface area contributed by atoms with E-state index in [1.807, 2.05) is 38.1 Å². The molecule has 0 atom stereocenters. The quantitative estimate of drug-likeness (QED) is 0.741. The van der Waals surface area contributed by atoms with Gasteiger partial charge in [-0.25, -0.2) is 4.79 Å². The summed E-state index contributed by atoms with van der Waals surface area (Å²) in [6, 6.07) is 7.83. The fourth-order valence-corrected chi connectivity index (χ4v) is 2.37. The average molecular weight is 277 g/mol. The lowest BCUT2D eigenvalue weighted by Crippen LogP contribution is -2.42. The van der Waals surface area contributed by atoms with Gasteiger partial charge in [0.05, 0.1) is 0 Å². The molecule has 1 aliphatic rings. The fraction of sp³-hybridized carbons (Fsp3) is 0.562. The molecule has 1 aromatic rings. The van der Waals surface area contributed by atoms with Crippen LogP contribution in [0.4, 0.5) is 10.5 Å². The van der Waals surface area contributed by atoms with Crippen molar-refractivity contribution in [2.75, 3.05) is 5.73 Å². The Morgan fingerprint density at radius 1 is 1.25 bits per heavy atom. The van der Waals surface area contributed by atoms with Crippen molar-refractivity contribution in [2.24, 2.45) is 0 Å². The Labute approximate surface area is 122 Å². The molecule has 0 spiro atoms. The monoisotopic (exact) mass is 277 g/mol. The Balaban J connectivity index is 0.000000956. The van der Waals surface area contributed by atoms with Crippen LogP contribution < -0.4 is 16.4 Å². The Morgan fingerprint density at radius 3 is 2.60 bits per heavy atom. The number of rotatable bonds is 3. The van der Waals surface area contributed by atoms with Crippen LogP contribution in [0.5, 0.6) is 0 Å². The van der Waals surface area contributed by atoms with Gasteiger partial charge in [0.25, 0.3) is 0 Å². The lowest BCUT2D eigenvalue weighted by Gasteiger charge is -2.22. The first-order valence-electron chi connectivity index (χ1n) is 7.63. The van der Waals surface area contributed by atoms with E-state index in [-0.39, 0.29) is 6.03 Å². The van der Waals surface area contributed by atoms with Gasteiger partial charge in [0.1, 0.15) is 0 Å². The molecule has 0 saturated heterocycles. The van der Waals surface area contributed by atoms with Crippen LogP contribution >= 0.6 is 0 Å². The van der Waals surface area contributed by atoms with E-state index in [2.05, 4.69) is 10.6 Å². The molecule has 1 aliphatic carbocycles. The Hall–Kier alpha value is -1.71. The van der Waals surface area contributed by atoms with Crippen molar-refractivity contribution in [1.82, 2.24) is 10.6 Å². The molecule has 1 aromatic carbocycles. The minimum atomic E-state index is -0.0793. The van der Waals surface area contributed by atoms with Crippen molar-refractivity contribution in [3.05, 3.63) is 29.8 Å². The van der Waals surface area contributed by atoms with E-state index in [1.54, 1.807) is 0 Å². The predicted molar refractivity (Wildman–Crippen MR) is 84.4 cm³/mol. The van der Waals surface area contributed by atoms with E-state index in [1.165, 1.54) is 19.3 Å². The molecule has 2 amide bonds. The van der Waals surface area contributed by atoms with Crippen LogP contribution in [0.3, 0.4) is 0 Å². The van der Waals surface area contributed by atoms with Crippen LogP contribution in [-0.2, 0) is 6.54 Å². The van der Waals surface area contributed by atoms with Gasteiger partial charge in [0.2, 0.25) is 0 Å². The minimum Gasteiger partial charge on any atom is -0.399 e. The molecule has 2 rings (SSSR count).